The zero-order valence-corrected chi connectivity index (χ0v) is 16.6. The van der Waals surface area contributed by atoms with Crippen LogP contribution in [0.5, 0.6) is 0 Å². The third-order valence-corrected chi connectivity index (χ3v) is 5.73. The summed E-state index contributed by atoms with van der Waals surface area (Å²) in [5, 5.41) is 0.458. The van der Waals surface area contributed by atoms with E-state index in [1.165, 1.54) is 10.6 Å². The molecule has 0 aromatic heterocycles. The molecule has 2 amide bonds. The Hall–Kier alpha value is -0.860. The van der Waals surface area contributed by atoms with Gasteiger partial charge in [-0.05, 0) is 36.0 Å². The molecular formula is C12H12Cl2F6N2O4S2. The third kappa shape index (κ3) is 11.2. The minimum absolute atomic E-state index is 0.0420. The fraction of sp³-hybridized carbons (Fsp3) is 0.667. The molecule has 0 aliphatic heterocycles. The lowest BCUT2D eigenvalue weighted by atomic mass is 10.2. The Bertz CT molecular complexity index is 541. The summed E-state index contributed by atoms with van der Waals surface area (Å²) >= 11 is 10.2. The van der Waals surface area contributed by atoms with Gasteiger partial charge >= 0.3 is 24.2 Å². The summed E-state index contributed by atoms with van der Waals surface area (Å²) in [6.07, 6.45) is -10.9. The minimum atomic E-state index is -5.18. The van der Waals surface area contributed by atoms with Gasteiger partial charge in [0.2, 0.25) is 10.5 Å². The van der Waals surface area contributed by atoms with E-state index < -0.39 is 46.7 Å². The van der Waals surface area contributed by atoms with Gasteiger partial charge in [-0.3, -0.25) is 19.2 Å². The van der Waals surface area contributed by atoms with E-state index in [9.17, 15) is 45.5 Å². The molecule has 0 aliphatic rings. The van der Waals surface area contributed by atoms with Crippen molar-refractivity contribution in [2.45, 2.75) is 37.3 Å². The van der Waals surface area contributed by atoms with Crippen LogP contribution in [0.3, 0.4) is 0 Å². The Labute approximate surface area is 172 Å². The molecule has 2 atom stereocenters. The van der Waals surface area contributed by atoms with Gasteiger partial charge in [-0.2, -0.15) is 26.3 Å². The normalized spacial score (nSPS) is 14.1. The summed E-state index contributed by atoms with van der Waals surface area (Å²) in [4.78, 5) is 43.7. The molecule has 16 heteroatoms. The molecule has 2 N–H and O–H groups in total. The van der Waals surface area contributed by atoms with Crippen molar-refractivity contribution in [1.82, 2.24) is 10.6 Å². The number of halogens is 8. The Morgan fingerprint density at radius 3 is 1.21 bits per heavy atom. The van der Waals surface area contributed by atoms with Crippen molar-refractivity contribution >= 4 is 67.1 Å². The molecular weight excluding hydrogens is 485 g/mol. The second-order valence-electron chi connectivity index (χ2n) is 4.88. The smallest absolute Gasteiger partial charge is 0.337 e. The zero-order valence-electron chi connectivity index (χ0n) is 13.5. The van der Waals surface area contributed by atoms with Crippen LogP contribution in [-0.4, -0.2) is 58.2 Å². The van der Waals surface area contributed by atoms with E-state index in [0.717, 1.165) is 21.6 Å². The molecule has 0 bridgehead atoms. The quantitative estimate of drug-likeness (QED) is 0.198. The van der Waals surface area contributed by atoms with Crippen LogP contribution in [0.25, 0.3) is 0 Å². The predicted molar refractivity (Wildman–Crippen MR) is 91.8 cm³/mol. The minimum Gasteiger partial charge on any atom is -0.337 e. The highest BCUT2D eigenvalue weighted by atomic mass is 35.5. The molecule has 0 saturated carbocycles. The van der Waals surface area contributed by atoms with E-state index in [1.807, 2.05) is 0 Å². The van der Waals surface area contributed by atoms with Crippen molar-refractivity contribution in [3.8, 4) is 0 Å². The van der Waals surface area contributed by atoms with E-state index in [1.54, 1.807) is 0 Å². The lowest BCUT2D eigenvalue weighted by Gasteiger charge is -2.16. The van der Waals surface area contributed by atoms with Gasteiger partial charge in [-0.1, -0.05) is 21.6 Å². The van der Waals surface area contributed by atoms with E-state index in [2.05, 4.69) is 0 Å². The van der Waals surface area contributed by atoms with Gasteiger partial charge < -0.3 is 10.6 Å². The molecule has 6 nitrogen and oxygen atoms in total. The Morgan fingerprint density at radius 1 is 0.714 bits per heavy atom. The summed E-state index contributed by atoms with van der Waals surface area (Å²) < 4.78 is 72.9. The summed E-state index contributed by atoms with van der Waals surface area (Å²) in [6, 6.07) is -3.15. The predicted octanol–water partition coefficient (Wildman–Crippen LogP) is 2.77. The van der Waals surface area contributed by atoms with Crippen LogP contribution in [-0.2, 0) is 19.2 Å². The lowest BCUT2D eigenvalue weighted by Crippen LogP contribution is -2.46. The molecule has 0 unspecified atom stereocenters. The Morgan fingerprint density at radius 2 is 1.00 bits per heavy atom. The van der Waals surface area contributed by atoms with E-state index in [-0.39, 0.29) is 24.3 Å². The molecule has 28 heavy (non-hydrogen) atoms. The fourth-order valence-electron chi connectivity index (χ4n) is 1.41. The highest BCUT2D eigenvalue weighted by molar-refractivity contribution is 8.76. The highest BCUT2D eigenvalue weighted by Crippen LogP contribution is 2.25. The highest BCUT2D eigenvalue weighted by Gasteiger charge is 2.41. The average molecular weight is 497 g/mol. The van der Waals surface area contributed by atoms with Crippen molar-refractivity contribution in [2.24, 2.45) is 0 Å². The largest absolute Gasteiger partial charge is 0.471 e. The van der Waals surface area contributed by atoms with Gasteiger partial charge in [0.15, 0.2) is 0 Å². The van der Waals surface area contributed by atoms with E-state index in [0.29, 0.717) is 0 Å². The van der Waals surface area contributed by atoms with Crippen LogP contribution < -0.4 is 10.6 Å². The van der Waals surface area contributed by atoms with E-state index >= 15 is 0 Å². The number of hydrogen-bond donors (Lipinski definition) is 2. The molecule has 0 spiro atoms. The maximum Gasteiger partial charge on any atom is 0.471 e. The summed E-state index contributed by atoms with van der Waals surface area (Å²) in [7, 11) is 1.99. The maximum atomic E-state index is 12.2. The number of alkyl halides is 6. The Kier molecular flexibility index (Phi) is 11.6. The lowest BCUT2D eigenvalue weighted by molar-refractivity contribution is -0.174. The SMILES string of the molecule is O=C(Cl)[C@H](CCSSCC[C@H](NC(=O)C(F)(F)F)C(=O)Cl)NC(=O)C(F)(F)F. The van der Waals surface area contributed by atoms with Gasteiger partial charge in [-0.15, -0.1) is 0 Å². The average Bonchev–Trinajstić information content (AvgIpc) is 2.52. The van der Waals surface area contributed by atoms with Gasteiger partial charge in [0.25, 0.3) is 0 Å². The van der Waals surface area contributed by atoms with Gasteiger partial charge in [0, 0.05) is 11.5 Å². The number of rotatable bonds is 11. The number of nitrogens with one attached hydrogen (secondary N) is 2. The van der Waals surface area contributed by atoms with Crippen LogP contribution in [0.15, 0.2) is 0 Å². The van der Waals surface area contributed by atoms with Gasteiger partial charge in [-0.25, -0.2) is 0 Å². The van der Waals surface area contributed by atoms with E-state index in [4.69, 9.17) is 23.2 Å². The number of carbonyl (C=O) groups is 4. The van der Waals surface area contributed by atoms with Crippen molar-refractivity contribution in [3.05, 3.63) is 0 Å². The van der Waals surface area contributed by atoms with Gasteiger partial charge in [0.1, 0.15) is 12.1 Å². The molecule has 0 aromatic rings. The third-order valence-electron chi connectivity index (χ3n) is 2.74. The first-order valence-electron chi connectivity index (χ1n) is 7.04. The first kappa shape index (κ1) is 27.1. The summed E-state index contributed by atoms with van der Waals surface area (Å²) in [5.74, 6) is -4.57. The second-order valence-corrected chi connectivity index (χ2v) is 8.32. The maximum absolute atomic E-state index is 12.2. The molecule has 162 valence electrons. The van der Waals surface area contributed by atoms with Crippen molar-refractivity contribution in [3.63, 3.8) is 0 Å². The number of hydrogen-bond acceptors (Lipinski definition) is 6. The monoisotopic (exact) mass is 496 g/mol. The first-order chi connectivity index (χ1) is 12.7. The topological polar surface area (TPSA) is 92.3 Å². The Balaban J connectivity index is 4.31. The van der Waals surface area contributed by atoms with Crippen LogP contribution in [0.2, 0.25) is 0 Å². The first-order valence-corrected chi connectivity index (χ1v) is 10.3. The standard InChI is InChI=1S/C12H12Cl2F6N2O4S2/c13-7(23)5(21-9(25)11(15,16)17)1-3-27-28-4-2-6(8(14)24)22-10(26)12(18,19)20/h5-6H,1-4H2,(H,21,25)(H,22,26)/t5-,6-/m0/s1. The number of carbonyl (C=O) groups excluding carboxylic acids is 4. The van der Waals surface area contributed by atoms with Crippen molar-refractivity contribution in [1.29, 1.82) is 0 Å². The van der Waals surface area contributed by atoms with Crippen LogP contribution in [0, 0.1) is 0 Å². The second kappa shape index (κ2) is 12.0. The van der Waals surface area contributed by atoms with Crippen LogP contribution >= 0.6 is 44.8 Å². The zero-order chi connectivity index (χ0) is 22.1. The van der Waals surface area contributed by atoms with Crippen molar-refractivity contribution in [2.75, 3.05) is 11.5 Å². The summed E-state index contributed by atoms with van der Waals surface area (Å²) in [6.45, 7) is 0. The number of amides is 2. The molecule has 0 aliphatic carbocycles. The molecule has 0 saturated heterocycles. The van der Waals surface area contributed by atoms with Gasteiger partial charge in [0.05, 0.1) is 0 Å². The molecule has 0 aromatic carbocycles. The van der Waals surface area contributed by atoms with Crippen LogP contribution in [0.1, 0.15) is 12.8 Å². The fourth-order valence-corrected chi connectivity index (χ4v) is 3.93. The van der Waals surface area contributed by atoms with Crippen molar-refractivity contribution < 1.29 is 45.5 Å². The molecule has 0 heterocycles. The molecule has 0 rings (SSSR count). The molecule has 0 fully saturated rings. The van der Waals surface area contributed by atoms with Crippen LogP contribution in [0.4, 0.5) is 26.3 Å². The summed E-state index contributed by atoms with van der Waals surface area (Å²) in [5.41, 5.74) is 0. The molecule has 0 radical (unpaired) electrons.